The molecule has 0 spiro atoms. The van der Waals surface area contributed by atoms with E-state index in [4.69, 9.17) is 5.73 Å². The van der Waals surface area contributed by atoms with Crippen LogP contribution in [0.15, 0.2) is 0 Å². The van der Waals surface area contributed by atoms with E-state index in [0.717, 1.165) is 12.6 Å². The zero-order valence-electron chi connectivity index (χ0n) is 13.2. The molecule has 0 aromatic carbocycles. The monoisotopic (exact) mass is 297 g/mol. The number of hydrogen-bond donors (Lipinski definition) is 1. The Morgan fingerprint density at radius 2 is 2.00 bits per heavy atom. The summed E-state index contributed by atoms with van der Waals surface area (Å²) in [5, 5.41) is 0. The first kappa shape index (κ1) is 15.1. The van der Waals surface area contributed by atoms with E-state index in [1.54, 1.807) is 0 Å². The van der Waals surface area contributed by atoms with Gasteiger partial charge in [-0.05, 0) is 49.9 Å². The van der Waals surface area contributed by atoms with Crippen molar-refractivity contribution in [2.24, 2.45) is 11.1 Å². The molecule has 3 aliphatic heterocycles. The largest absolute Gasteiger partial charge is 0.329 e. The minimum Gasteiger partial charge on any atom is -0.329 e. The third-order valence-corrected chi connectivity index (χ3v) is 7.39. The van der Waals surface area contributed by atoms with Crippen LogP contribution in [0.4, 0.5) is 0 Å². The molecular formula is C16H31N3S. The number of fused-ring (bicyclic) bond motifs is 1. The van der Waals surface area contributed by atoms with Crippen LogP contribution in [0.5, 0.6) is 0 Å². The number of thioether (sulfide) groups is 1. The van der Waals surface area contributed by atoms with Crippen LogP contribution in [-0.2, 0) is 0 Å². The van der Waals surface area contributed by atoms with Crippen molar-refractivity contribution in [1.82, 2.24) is 9.80 Å². The van der Waals surface area contributed by atoms with Crippen LogP contribution in [0, 0.1) is 5.41 Å². The van der Waals surface area contributed by atoms with Crippen molar-refractivity contribution in [3.8, 4) is 0 Å². The lowest BCUT2D eigenvalue weighted by atomic mass is 9.69. The average molecular weight is 298 g/mol. The molecule has 4 heteroatoms. The Bertz CT molecular complexity index is 347. The molecule has 0 radical (unpaired) electrons. The highest BCUT2D eigenvalue weighted by Crippen LogP contribution is 2.46. The molecule has 20 heavy (non-hydrogen) atoms. The maximum atomic E-state index is 6.36. The van der Waals surface area contributed by atoms with Gasteiger partial charge in [-0.1, -0.05) is 13.8 Å². The molecule has 0 aromatic heterocycles. The van der Waals surface area contributed by atoms with Gasteiger partial charge in [0.2, 0.25) is 0 Å². The lowest BCUT2D eigenvalue weighted by molar-refractivity contribution is -0.00228. The standard InChI is InChI=1S/C16H31N3S/c1-15(2)6-10-20-13-16(15,12-17)19-9-4-8-18-7-3-5-14(18)11-19/h14H,3-13,17H2,1-2H3. The first-order valence-electron chi connectivity index (χ1n) is 8.36. The highest BCUT2D eigenvalue weighted by molar-refractivity contribution is 7.99. The summed E-state index contributed by atoms with van der Waals surface area (Å²) in [6.45, 7) is 10.9. The third kappa shape index (κ3) is 2.43. The lowest BCUT2D eigenvalue weighted by Crippen LogP contribution is -2.66. The van der Waals surface area contributed by atoms with Crippen molar-refractivity contribution in [3.63, 3.8) is 0 Å². The summed E-state index contributed by atoms with van der Waals surface area (Å²) < 4.78 is 0. The molecule has 3 nitrogen and oxygen atoms in total. The van der Waals surface area contributed by atoms with Crippen LogP contribution in [0.1, 0.15) is 39.5 Å². The van der Waals surface area contributed by atoms with E-state index in [9.17, 15) is 0 Å². The van der Waals surface area contributed by atoms with Crippen molar-refractivity contribution < 1.29 is 0 Å². The molecule has 116 valence electrons. The maximum Gasteiger partial charge on any atom is 0.0473 e. The van der Waals surface area contributed by atoms with Crippen molar-refractivity contribution in [2.75, 3.05) is 44.2 Å². The molecule has 3 fully saturated rings. The quantitative estimate of drug-likeness (QED) is 0.845. The Kier molecular flexibility index (Phi) is 4.38. The van der Waals surface area contributed by atoms with Gasteiger partial charge in [0.15, 0.2) is 0 Å². The van der Waals surface area contributed by atoms with E-state index in [0.29, 0.717) is 5.41 Å². The molecule has 0 aliphatic carbocycles. The van der Waals surface area contributed by atoms with Crippen molar-refractivity contribution in [2.45, 2.75) is 51.1 Å². The fourth-order valence-electron chi connectivity index (χ4n) is 4.58. The first-order chi connectivity index (χ1) is 9.59. The zero-order chi connectivity index (χ0) is 14.2. The normalized spacial score (nSPS) is 39.5. The van der Waals surface area contributed by atoms with Gasteiger partial charge in [0.25, 0.3) is 0 Å². The molecule has 3 aliphatic rings. The van der Waals surface area contributed by atoms with E-state index >= 15 is 0 Å². The number of nitrogens with two attached hydrogens (primary N) is 1. The second kappa shape index (κ2) is 5.79. The van der Waals surface area contributed by atoms with Crippen LogP contribution in [0.3, 0.4) is 0 Å². The summed E-state index contributed by atoms with van der Waals surface area (Å²) in [7, 11) is 0. The van der Waals surface area contributed by atoms with E-state index in [1.165, 1.54) is 63.4 Å². The van der Waals surface area contributed by atoms with Gasteiger partial charge in [-0.2, -0.15) is 11.8 Å². The molecule has 3 saturated heterocycles. The molecule has 0 saturated carbocycles. The molecule has 2 N–H and O–H groups in total. The Balaban J connectivity index is 1.84. The molecule has 0 bridgehead atoms. The molecule has 2 atom stereocenters. The Labute approximate surface area is 128 Å². The summed E-state index contributed by atoms with van der Waals surface area (Å²) in [6, 6.07) is 0.795. The van der Waals surface area contributed by atoms with Crippen molar-refractivity contribution in [1.29, 1.82) is 0 Å². The highest BCUT2D eigenvalue weighted by Gasteiger charge is 2.51. The summed E-state index contributed by atoms with van der Waals surface area (Å²) in [6.07, 6.45) is 5.41. The van der Waals surface area contributed by atoms with Crippen LogP contribution in [0.25, 0.3) is 0 Å². The fraction of sp³-hybridized carbons (Fsp3) is 1.00. The topological polar surface area (TPSA) is 32.5 Å². The van der Waals surface area contributed by atoms with Crippen LogP contribution in [0.2, 0.25) is 0 Å². The van der Waals surface area contributed by atoms with Crippen LogP contribution < -0.4 is 5.73 Å². The van der Waals surface area contributed by atoms with Crippen LogP contribution >= 0.6 is 11.8 Å². The fourth-order valence-corrected chi connectivity index (χ4v) is 6.40. The van der Waals surface area contributed by atoms with Gasteiger partial charge in [0.1, 0.15) is 0 Å². The minimum atomic E-state index is 0.217. The minimum absolute atomic E-state index is 0.217. The Morgan fingerprint density at radius 1 is 1.20 bits per heavy atom. The summed E-state index contributed by atoms with van der Waals surface area (Å²) in [4.78, 5) is 5.53. The average Bonchev–Trinajstić information content (AvgIpc) is 2.76. The second-order valence-electron chi connectivity index (χ2n) is 7.55. The van der Waals surface area contributed by atoms with Gasteiger partial charge in [0, 0.05) is 37.0 Å². The number of hydrogen-bond acceptors (Lipinski definition) is 4. The van der Waals surface area contributed by atoms with Gasteiger partial charge in [-0.3, -0.25) is 9.80 Å². The summed E-state index contributed by atoms with van der Waals surface area (Å²) in [5.41, 5.74) is 6.93. The lowest BCUT2D eigenvalue weighted by Gasteiger charge is -2.56. The van der Waals surface area contributed by atoms with E-state index in [-0.39, 0.29) is 5.54 Å². The molecule has 3 rings (SSSR count). The SMILES string of the molecule is CC1(C)CCSCC1(CN)N1CCCN2CCCC2C1. The Hall–Kier alpha value is 0.230. The van der Waals surface area contributed by atoms with E-state index < -0.39 is 0 Å². The van der Waals surface area contributed by atoms with Gasteiger partial charge < -0.3 is 5.73 Å². The first-order valence-corrected chi connectivity index (χ1v) is 9.51. The summed E-state index contributed by atoms with van der Waals surface area (Å²) in [5.74, 6) is 2.53. The van der Waals surface area contributed by atoms with E-state index in [1.807, 2.05) is 0 Å². The van der Waals surface area contributed by atoms with Crippen molar-refractivity contribution >= 4 is 11.8 Å². The molecule has 3 heterocycles. The third-order valence-electron chi connectivity index (χ3n) is 6.22. The van der Waals surface area contributed by atoms with Crippen LogP contribution in [-0.4, -0.2) is 65.6 Å². The molecule has 2 unspecified atom stereocenters. The maximum absolute atomic E-state index is 6.36. The summed E-state index contributed by atoms with van der Waals surface area (Å²) >= 11 is 2.12. The predicted octanol–water partition coefficient (Wildman–Crippen LogP) is 2.02. The highest BCUT2D eigenvalue weighted by atomic mass is 32.2. The molecule has 0 amide bonds. The number of nitrogens with zero attached hydrogens (tertiary/aromatic N) is 2. The van der Waals surface area contributed by atoms with Gasteiger partial charge in [-0.25, -0.2) is 0 Å². The molecule has 0 aromatic rings. The Morgan fingerprint density at radius 3 is 2.75 bits per heavy atom. The zero-order valence-corrected chi connectivity index (χ0v) is 14.1. The number of rotatable bonds is 2. The molecular weight excluding hydrogens is 266 g/mol. The predicted molar refractivity (Wildman–Crippen MR) is 88.3 cm³/mol. The smallest absolute Gasteiger partial charge is 0.0473 e. The van der Waals surface area contributed by atoms with Gasteiger partial charge >= 0.3 is 0 Å². The van der Waals surface area contributed by atoms with E-state index in [2.05, 4.69) is 35.4 Å². The van der Waals surface area contributed by atoms with Gasteiger partial charge in [-0.15, -0.1) is 0 Å². The van der Waals surface area contributed by atoms with Gasteiger partial charge in [0.05, 0.1) is 0 Å². The second-order valence-corrected chi connectivity index (χ2v) is 8.66. The van der Waals surface area contributed by atoms with Crippen molar-refractivity contribution in [3.05, 3.63) is 0 Å².